The van der Waals surface area contributed by atoms with Crippen LogP contribution in [0.5, 0.6) is 0 Å². The molecule has 0 bridgehead atoms. The first-order valence-corrected chi connectivity index (χ1v) is 5.62. The Kier molecular flexibility index (Phi) is 2.53. The van der Waals surface area contributed by atoms with Crippen molar-refractivity contribution in [1.82, 2.24) is 9.66 Å². The van der Waals surface area contributed by atoms with E-state index in [0.717, 1.165) is 16.6 Å². The molecule has 0 saturated carbocycles. The Morgan fingerprint density at radius 3 is 2.56 bits per heavy atom. The second-order valence-electron chi connectivity index (χ2n) is 3.91. The minimum Gasteiger partial charge on any atom is -0.291 e. The first-order chi connectivity index (χ1) is 8.84. The van der Waals surface area contributed by atoms with E-state index in [9.17, 15) is 4.79 Å². The van der Waals surface area contributed by atoms with E-state index in [1.165, 1.54) is 4.68 Å². The average Bonchev–Trinajstić information content (AvgIpc) is 2.43. The minimum absolute atomic E-state index is 0.0921. The van der Waals surface area contributed by atoms with Gasteiger partial charge in [-0.1, -0.05) is 18.2 Å². The molecule has 0 unspecified atom stereocenters. The van der Waals surface area contributed by atoms with Gasteiger partial charge in [0.15, 0.2) is 0 Å². The van der Waals surface area contributed by atoms with Crippen molar-refractivity contribution in [3.63, 3.8) is 0 Å². The summed E-state index contributed by atoms with van der Waals surface area (Å²) < 4.78 is 1.53. The first kappa shape index (κ1) is 10.5. The van der Waals surface area contributed by atoms with Gasteiger partial charge in [0.1, 0.15) is 0 Å². The molecule has 0 fully saturated rings. The van der Waals surface area contributed by atoms with E-state index in [0.29, 0.717) is 0 Å². The zero-order valence-electron chi connectivity index (χ0n) is 9.58. The summed E-state index contributed by atoms with van der Waals surface area (Å²) in [5.41, 5.74) is 4.66. The van der Waals surface area contributed by atoms with Crippen molar-refractivity contribution in [2.45, 2.75) is 0 Å². The smallest absolute Gasteiger partial charge is 0.269 e. The molecule has 0 aliphatic rings. The molecule has 0 amide bonds. The number of pyridine rings is 2. The molecule has 0 atom stereocenters. The molecule has 2 heterocycles. The summed E-state index contributed by atoms with van der Waals surface area (Å²) in [6, 6.07) is 14.7. The maximum absolute atomic E-state index is 11.9. The SMILES string of the molecule is O=c1ccc2ccccc2n1Nc1ccncc1. The number of hydrogen-bond acceptors (Lipinski definition) is 3. The number of rotatable bonds is 2. The maximum Gasteiger partial charge on any atom is 0.269 e. The van der Waals surface area contributed by atoms with Crippen LogP contribution in [-0.4, -0.2) is 9.66 Å². The third-order valence-electron chi connectivity index (χ3n) is 2.72. The molecule has 2 aromatic heterocycles. The van der Waals surface area contributed by atoms with E-state index in [1.54, 1.807) is 18.5 Å². The molecular formula is C14H11N3O. The summed E-state index contributed by atoms with van der Waals surface area (Å²) in [5, 5.41) is 1.01. The first-order valence-electron chi connectivity index (χ1n) is 5.62. The predicted molar refractivity (Wildman–Crippen MR) is 71.5 cm³/mol. The van der Waals surface area contributed by atoms with Crippen LogP contribution in [0.3, 0.4) is 0 Å². The summed E-state index contributed by atoms with van der Waals surface area (Å²) >= 11 is 0. The third kappa shape index (κ3) is 1.84. The maximum atomic E-state index is 11.9. The third-order valence-corrected chi connectivity index (χ3v) is 2.72. The number of nitrogens with zero attached hydrogens (tertiary/aromatic N) is 2. The normalized spacial score (nSPS) is 10.4. The predicted octanol–water partition coefficient (Wildman–Crippen LogP) is 2.27. The molecule has 0 spiro atoms. The van der Waals surface area contributed by atoms with Gasteiger partial charge < -0.3 is 0 Å². The van der Waals surface area contributed by atoms with E-state index in [2.05, 4.69) is 10.4 Å². The minimum atomic E-state index is -0.0921. The number of fused-ring (bicyclic) bond motifs is 1. The van der Waals surface area contributed by atoms with Crippen LogP contribution in [0.15, 0.2) is 65.7 Å². The monoisotopic (exact) mass is 237 g/mol. The van der Waals surface area contributed by atoms with Gasteiger partial charge in [0, 0.05) is 23.8 Å². The van der Waals surface area contributed by atoms with Gasteiger partial charge >= 0.3 is 0 Å². The van der Waals surface area contributed by atoms with E-state index in [-0.39, 0.29) is 5.56 Å². The van der Waals surface area contributed by atoms with Crippen molar-refractivity contribution in [3.8, 4) is 0 Å². The molecule has 4 nitrogen and oxygen atoms in total. The van der Waals surface area contributed by atoms with Crippen LogP contribution in [0.2, 0.25) is 0 Å². The molecule has 3 rings (SSSR count). The van der Waals surface area contributed by atoms with Gasteiger partial charge in [-0.3, -0.25) is 15.2 Å². The number of hydrogen-bond donors (Lipinski definition) is 1. The number of aromatic nitrogens is 2. The fourth-order valence-electron chi connectivity index (χ4n) is 1.86. The average molecular weight is 237 g/mol. The quantitative estimate of drug-likeness (QED) is 0.743. The lowest BCUT2D eigenvalue weighted by Crippen LogP contribution is -2.25. The largest absolute Gasteiger partial charge is 0.291 e. The van der Waals surface area contributed by atoms with Gasteiger partial charge in [0.2, 0.25) is 0 Å². The van der Waals surface area contributed by atoms with Crippen molar-refractivity contribution in [2.24, 2.45) is 0 Å². The van der Waals surface area contributed by atoms with Gasteiger partial charge in [-0.2, -0.15) is 0 Å². The van der Waals surface area contributed by atoms with E-state index in [1.807, 2.05) is 42.5 Å². The van der Waals surface area contributed by atoms with Crippen LogP contribution in [-0.2, 0) is 0 Å². The van der Waals surface area contributed by atoms with Gasteiger partial charge in [0.25, 0.3) is 5.56 Å². The molecule has 88 valence electrons. The molecule has 0 aliphatic carbocycles. The van der Waals surface area contributed by atoms with E-state index >= 15 is 0 Å². The zero-order valence-corrected chi connectivity index (χ0v) is 9.58. The summed E-state index contributed by atoms with van der Waals surface area (Å²) in [6.45, 7) is 0. The Balaban J connectivity index is 2.16. The molecule has 0 saturated heterocycles. The number of para-hydroxylation sites is 1. The number of benzene rings is 1. The van der Waals surface area contributed by atoms with E-state index < -0.39 is 0 Å². The van der Waals surface area contributed by atoms with Crippen LogP contribution >= 0.6 is 0 Å². The highest BCUT2D eigenvalue weighted by Gasteiger charge is 2.02. The lowest BCUT2D eigenvalue weighted by molar-refractivity contribution is 0.945. The molecule has 18 heavy (non-hydrogen) atoms. The number of anilines is 1. The second-order valence-corrected chi connectivity index (χ2v) is 3.91. The molecule has 1 aromatic carbocycles. The second kappa shape index (κ2) is 4.33. The Labute approximate surface area is 104 Å². The van der Waals surface area contributed by atoms with Gasteiger partial charge in [-0.25, -0.2) is 4.68 Å². The lowest BCUT2D eigenvalue weighted by atomic mass is 10.2. The van der Waals surface area contributed by atoms with Crippen LogP contribution in [0.4, 0.5) is 5.69 Å². The van der Waals surface area contributed by atoms with Gasteiger partial charge in [-0.15, -0.1) is 0 Å². The molecule has 0 radical (unpaired) electrons. The summed E-state index contributed by atoms with van der Waals surface area (Å²) in [4.78, 5) is 15.9. The Morgan fingerprint density at radius 2 is 1.72 bits per heavy atom. The highest BCUT2D eigenvalue weighted by molar-refractivity contribution is 5.79. The van der Waals surface area contributed by atoms with Crippen LogP contribution in [0.25, 0.3) is 10.9 Å². The summed E-state index contributed by atoms with van der Waals surface area (Å²) in [6.07, 6.45) is 3.36. The van der Waals surface area contributed by atoms with Crippen molar-refractivity contribution in [2.75, 3.05) is 5.43 Å². The topological polar surface area (TPSA) is 46.9 Å². The van der Waals surface area contributed by atoms with Crippen molar-refractivity contribution >= 4 is 16.6 Å². The lowest BCUT2D eigenvalue weighted by Gasteiger charge is -2.12. The number of nitrogens with one attached hydrogen (secondary N) is 1. The van der Waals surface area contributed by atoms with Gasteiger partial charge in [0.05, 0.1) is 11.2 Å². The molecule has 1 N–H and O–H groups in total. The molecule has 3 aromatic rings. The van der Waals surface area contributed by atoms with E-state index in [4.69, 9.17) is 0 Å². The zero-order chi connectivity index (χ0) is 12.4. The van der Waals surface area contributed by atoms with Crippen LogP contribution < -0.4 is 11.0 Å². The summed E-state index contributed by atoms with van der Waals surface area (Å²) in [5.74, 6) is 0. The molecule has 0 aliphatic heterocycles. The van der Waals surface area contributed by atoms with Crippen LogP contribution in [0.1, 0.15) is 0 Å². The Morgan fingerprint density at radius 1 is 0.944 bits per heavy atom. The summed E-state index contributed by atoms with van der Waals surface area (Å²) in [7, 11) is 0. The highest BCUT2D eigenvalue weighted by atomic mass is 16.1. The highest BCUT2D eigenvalue weighted by Crippen LogP contribution is 2.12. The molecule has 4 heteroatoms. The van der Waals surface area contributed by atoms with Crippen molar-refractivity contribution in [3.05, 3.63) is 71.3 Å². The molecular weight excluding hydrogens is 226 g/mol. The van der Waals surface area contributed by atoms with Gasteiger partial charge in [-0.05, 0) is 24.3 Å². The fraction of sp³-hybridized carbons (Fsp3) is 0. The Bertz CT molecular complexity index is 735. The fourth-order valence-corrected chi connectivity index (χ4v) is 1.86. The van der Waals surface area contributed by atoms with Crippen LogP contribution in [0, 0.1) is 0 Å². The van der Waals surface area contributed by atoms with Crippen molar-refractivity contribution in [1.29, 1.82) is 0 Å². The van der Waals surface area contributed by atoms with Crippen molar-refractivity contribution < 1.29 is 0 Å². The Hall–Kier alpha value is -2.62. The standard InChI is InChI=1S/C14H11N3O/c18-14-6-5-11-3-1-2-4-13(11)17(14)16-12-7-9-15-10-8-12/h1-10H,(H,15,16).